The minimum atomic E-state index is 0.663. The monoisotopic (exact) mass is 463 g/mol. The molecule has 1 fully saturated rings. The lowest BCUT2D eigenvalue weighted by atomic mass is 9.99. The number of hydrogen-bond donors (Lipinski definition) is 2. The van der Waals surface area contributed by atoms with Crippen LogP contribution in [0.25, 0.3) is 10.9 Å². The highest BCUT2D eigenvalue weighted by atomic mass is 16.5. The molecule has 1 aromatic heterocycles. The first-order valence-electron chi connectivity index (χ1n) is 12.3. The Labute approximate surface area is 202 Å². The van der Waals surface area contributed by atoms with Gasteiger partial charge in [-0.1, -0.05) is 19.1 Å². The van der Waals surface area contributed by atoms with Crippen molar-refractivity contribution < 1.29 is 9.47 Å². The summed E-state index contributed by atoms with van der Waals surface area (Å²) < 4.78 is 11.7. The van der Waals surface area contributed by atoms with Crippen LogP contribution in [0.15, 0.2) is 42.7 Å². The van der Waals surface area contributed by atoms with E-state index in [1.807, 2.05) is 19.2 Å². The van der Waals surface area contributed by atoms with E-state index in [0.29, 0.717) is 12.4 Å². The number of likely N-dealkylation sites (tertiary alicyclic amines) is 1. The molecule has 1 aliphatic rings. The van der Waals surface area contributed by atoms with Gasteiger partial charge in [0.05, 0.1) is 19.2 Å². The number of rotatable bonds is 11. The summed E-state index contributed by atoms with van der Waals surface area (Å²) in [5.41, 5.74) is 3.23. The summed E-state index contributed by atoms with van der Waals surface area (Å²) in [6, 6.07) is 12.4. The quantitative estimate of drug-likeness (QED) is 0.395. The second kappa shape index (κ2) is 11.9. The van der Waals surface area contributed by atoms with E-state index >= 15 is 0 Å². The number of aromatic nitrogens is 2. The molecule has 182 valence electrons. The Hall–Kier alpha value is -3.06. The summed E-state index contributed by atoms with van der Waals surface area (Å²) in [6.45, 7) is 7.27. The Bertz CT molecular complexity index is 1050. The minimum Gasteiger partial charge on any atom is -0.493 e. The van der Waals surface area contributed by atoms with Crippen LogP contribution in [-0.4, -0.2) is 61.8 Å². The first-order chi connectivity index (χ1) is 16.7. The van der Waals surface area contributed by atoms with Gasteiger partial charge in [-0.05, 0) is 68.5 Å². The predicted molar refractivity (Wildman–Crippen MR) is 139 cm³/mol. The Morgan fingerprint density at radius 2 is 1.85 bits per heavy atom. The van der Waals surface area contributed by atoms with E-state index < -0.39 is 0 Å². The zero-order valence-electron chi connectivity index (χ0n) is 20.6. The first-order valence-corrected chi connectivity index (χ1v) is 12.3. The molecule has 34 heavy (non-hydrogen) atoms. The smallest absolute Gasteiger partial charge is 0.163 e. The van der Waals surface area contributed by atoms with Gasteiger partial charge in [-0.2, -0.15) is 0 Å². The van der Waals surface area contributed by atoms with Gasteiger partial charge in [-0.3, -0.25) is 0 Å². The minimum absolute atomic E-state index is 0.663. The molecule has 7 heteroatoms. The van der Waals surface area contributed by atoms with Gasteiger partial charge in [-0.15, -0.1) is 0 Å². The van der Waals surface area contributed by atoms with Gasteiger partial charge in [0.1, 0.15) is 12.1 Å². The van der Waals surface area contributed by atoms with Gasteiger partial charge in [0.15, 0.2) is 11.5 Å². The van der Waals surface area contributed by atoms with Crippen LogP contribution in [0.3, 0.4) is 0 Å². The predicted octanol–water partition coefficient (Wildman–Crippen LogP) is 4.84. The molecule has 0 amide bonds. The first kappa shape index (κ1) is 24.1. The second-order valence-electron chi connectivity index (χ2n) is 9.09. The van der Waals surface area contributed by atoms with Crippen LogP contribution in [0.5, 0.6) is 11.5 Å². The highest BCUT2D eigenvalue weighted by Gasteiger charge is 2.15. The number of nitrogens with zero attached hydrogens (tertiary/aromatic N) is 3. The van der Waals surface area contributed by atoms with Crippen molar-refractivity contribution in [2.75, 3.05) is 57.6 Å². The molecule has 0 aliphatic carbocycles. The van der Waals surface area contributed by atoms with Gasteiger partial charge in [0, 0.05) is 37.3 Å². The summed E-state index contributed by atoms with van der Waals surface area (Å²) in [5, 5.41) is 7.54. The standard InChI is InChI=1S/C27H37N5O2/c1-20-10-14-32(15-11-20)13-4-16-34-26-18-24-23(17-25(26)33-3)27(31-19-30-24)29-12-9-21-5-7-22(28-2)8-6-21/h5-8,17-20,28H,4,9-16H2,1-3H3,(H,29,30,31). The third kappa shape index (κ3) is 6.29. The molecule has 0 unspecified atom stereocenters. The summed E-state index contributed by atoms with van der Waals surface area (Å²) in [7, 11) is 3.60. The molecule has 4 rings (SSSR count). The van der Waals surface area contributed by atoms with Crippen LogP contribution in [0.2, 0.25) is 0 Å². The van der Waals surface area contributed by atoms with Crippen molar-refractivity contribution in [3.63, 3.8) is 0 Å². The number of ether oxygens (including phenoxy) is 2. The largest absolute Gasteiger partial charge is 0.493 e. The average molecular weight is 464 g/mol. The molecule has 1 aliphatic heterocycles. The number of nitrogens with one attached hydrogen (secondary N) is 2. The van der Waals surface area contributed by atoms with E-state index in [9.17, 15) is 0 Å². The van der Waals surface area contributed by atoms with Crippen LogP contribution < -0.4 is 20.1 Å². The average Bonchev–Trinajstić information content (AvgIpc) is 2.87. The van der Waals surface area contributed by atoms with E-state index in [1.165, 1.54) is 31.5 Å². The highest BCUT2D eigenvalue weighted by molar-refractivity contribution is 5.91. The van der Waals surface area contributed by atoms with Crippen molar-refractivity contribution in [1.29, 1.82) is 0 Å². The maximum atomic E-state index is 6.11. The molecule has 0 atom stereocenters. The van der Waals surface area contributed by atoms with E-state index in [2.05, 4.69) is 56.7 Å². The summed E-state index contributed by atoms with van der Waals surface area (Å²) in [4.78, 5) is 11.5. The fourth-order valence-electron chi connectivity index (χ4n) is 4.40. The number of methoxy groups -OCH3 is 1. The zero-order chi connectivity index (χ0) is 23.8. The van der Waals surface area contributed by atoms with E-state index in [1.54, 1.807) is 13.4 Å². The fraction of sp³-hybridized carbons (Fsp3) is 0.481. The number of benzene rings is 2. The third-order valence-electron chi connectivity index (χ3n) is 6.62. The van der Waals surface area contributed by atoms with Crippen molar-refractivity contribution in [2.45, 2.75) is 32.6 Å². The third-order valence-corrected chi connectivity index (χ3v) is 6.62. The number of anilines is 2. The normalized spacial score (nSPS) is 14.8. The van der Waals surface area contributed by atoms with Crippen molar-refractivity contribution in [3.05, 3.63) is 48.3 Å². The molecule has 0 spiro atoms. The lowest BCUT2D eigenvalue weighted by Gasteiger charge is -2.30. The highest BCUT2D eigenvalue weighted by Crippen LogP contribution is 2.34. The van der Waals surface area contributed by atoms with Gasteiger partial charge >= 0.3 is 0 Å². The molecule has 3 aromatic rings. The van der Waals surface area contributed by atoms with Gasteiger partial charge in [-0.25, -0.2) is 9.97 Å². The molecule has 2 N–H and O–H groups in total. The Morgan fingerprint density at radius 3 is 2.59 bits per heavy atom. The van der Waals surface area contributed by atoms with Crippen LogP contribution in [0, 0.1) is 5.92 Å². The van der Waals surface area contributed by atoms with Crippen LogP contribution in [0.4, 0.5) is 11.5 Å². The summed E-state index contributed by atoms with van der Waals surface area (Å²) >= 11 is 0. The Kier molecular flexibility index (Phi) is 8.41. The molecule has 7 nitrogen and oxygen atoms in total. The summed E-state index contributed by atoms with van der Waals surface area (Å²) in [5.74, 6) is 3.11. The SMILES string of the molecule is CNc1ccc(CCNc2ncnc3cc(OCCCN4CCC(C)CC4)c(OC)cc23)cc1. The fourth-order valence-corrected chi connectivity index (χ4v) is 4.40. The lowest BCUT2D eigenvalue weighted by molar-refractivity contribution is 0.176. The molecule has 0 saturated carbocycles. The Morgan fingerprint density at radius 1 is 1.06 bits per heavy atom. The Balaban J connectivity index is 1.35. The molecule has 2 aromatic carbocycles. The molecule has 0 bridgehead atoms. The van der Waals surface area contributed by atoms with Crippen molar-refractivity contribution in [2.24, 2.45) is 5.92 Å². The molecule has 0 radical (unpaired) electrons. The second-order valence-corrected chi connectivity index (χ2v) is 9.09. The van der Waals surface area contributed by atoms with E-state index in [-0.39, 0.29) is 0 Å². The molecular formula is C27H37N5O2. The maximum absolute atomic E-state index is 6.11. The lowest BCUT2D eigenvalue weighted by Crippen LogP contribution is -2.34. The number of piperidine rings is 1. The van der Waals surface area contributed by atoms with Crippen molar-refractivity contribution in [1.82, 2.24) is 14.9 Å². The number of fused-ring (bicyclic) bond motifs is 1. The van der Waals surface area contributed by atoms with Crippen LogP contribution in [-0.2, 0) is 6.42 Å². The zero-order valence-corrected chi connectivity index (χ0v) is 20.6. The molecule has 2 heterocycles. The van der Waals surface area contributed by atoms with Crippen LogP contribution in [0.1, 0.15) is 31.7 Å². The summed E-state index contributed by atoms with van der Waals surface area (Å²) in [6.07, 6.45) is 6.11. The van der Waals surface area contributed by atoms with Crippen molar-refractivity contribution in [3.8, 4) is 11.5 Å². The van der Waals surface area contributed by atoms with E-state index in [0.717, 1.165) is 60.0 Å². The molecule has 1 saturated heterocycles. The van der Waals surface area contributed by atoms with Gasteiger partial charge in [0.25, 0.3) is 0 Å². The maximum Gasteiger partial charge on any atom is 0.163 e. The molecular weight excluding hydrogens is 426 g/mol. The number of hydrogen-bond acceptors (Lipinski definition) is 7. The van der Waals surface area contributed by atoms with Gasteiger partial charge in [0.2, 0.25) is 0 Å². The van der Waals surface area contributed by atoms with Gasteiger partial charge < -0.3 is 25.0 Å². The topological polar surface area (TPSA) is 71.5 Å². The van der Waals surface area contributed by atoms with Crippen LogP contribution >= 0.6 is 0 Å². The van der Waals surface area contributed by atoms with Crippen molar-refractivity contribution >= 4 is 22.4 Å². The van der Waals surface area contributed by atoms with E-state index in [4.69, 9.17) is 9.47 Å².